The van der Waals surface area contributed by atoms with E-state index in [1.54, 1.807) is 18.5 Å². The first kappa shape index (κ1) is 15.9. The molecule has 0 radical (unpaired) electrons. The number of benzene rings is 1. The molecular weight excluding hydrogens is 293 g/mol. The van der Waals surface area contributed by atoms with Crippen molar-refractivity contribution >= 4 is 5.69 Å². The molecule has 1 saturated heterocycles. The summed E-state index contributed by atoms with van der Waals surface area (Å²) in [7, 11) is 1.97. The van der Waals surface area contributed by atoms with Crippen molar-refractivity contribution in [3.63, 3.8) is 0 Å². The lowest BCUT2D eigenvalue weighted by Gasteiger charge is -2.36. The highest BCUT2D eigenvalue weighted by atomic mass is 19.1. The lowest BCUT2D eigenvalue weighted by Crippen LogP contribution is -2.43. The van der Waals surface area contributed by atoms with Gasteiger partial charge in [-0.1, -0.05) is 0 Å². The SMILES string of the molecule is Cc1cc(F)ccc1N1CCC(N[C@H](C)c2nncn2C)CC1. The zero-order valence-electron chi connectivity index (χ0n) is 14.0. The first-order valence-electron chi connectivity index (χ1n) is 8.15. The highest BCUT2D eigenvalue weighted by Gasteiger charge is 2.23. The smallest absolute Gasteiger partial charge is 0.149 e. The van der Waals surface area contributed by atoms with Gasteiger partial charge in [-0.15, -0.1) is 10.2 Å². The van der Waals surface area contributed by atoms with Crippen LogP contribution in [-0.2, 0) is 7.05 Å². The normalized spacial score (nSPS) is 17.5. The zero-order valence-corrected chi connectivity index (χ0v) is 14.0. The number of rotatable bonds is 4. The molecule has 1 atom stereocenters. The van der Waals surface area contributed by atoms with Crippen molar-refractivity contribution in [3.05, 3.63) is 41.7 Å². The number of nitrogens with zero attached hydrogens (tertiary/aromatic N) is 4. The zero-order chi connectivity index (χ0) is 16.4. The van der Waals surface area contributed by atoms with Crippen molar-refractivity contribution in [3.8, 4) is 0 Å². The third kappa shape index (κ3) is 3.52. The van der Waals surface area contributed by atoms with E-state index in [1.807, 2.05) is 24.6 Å². The molecule has 2 heterocycles. The molecule has 0 saturated carbocycles. The summed E-state index contributed by atoms with van der Waals surface area (Å²) in [5.41, 5.74) is 2.15. The lowest BCUT2D eigenvalue weighted by atomic mass is 10.0. The van der Waals surface area contributed by atoms with Crippen LogP contribution in [0.25, 0.3) is 0 Å². The van der Waals surface area contributed by atoms with E-state index in [9.17, 15) is 4.39 Å². The second kappa shape index (κ2) is 6.66. The van der Waals surface area contributed by atoms with Crippen molar-refractivity contribution in [1.82, 2.24) is 20.1 Å². The van der Waals surface area contributed by atoms with E-state index in [2.05, 4.69) is 27.3 Å². The van der Waals surface area contributed by atoms with E-state index in [1.165, 1.54) is 0 Å². The molecule has 1 aromatic carbocycles. The number of nitrogens with one attached hydrogen (secondary N) is 1. The van der Waals surface area contributed by atoms with Crippen molar-refractivity contribution < 1.29 is 4.39 Å². The van der Waals surface area contributed by atoms with E-state index < -0.39 is 0 Å². The average Bonchev–Trinajstić information content (AvgIpc) is 2.95. The van der Waals surface area contributed by atoms with Crippen LogP contribution in [-0.4, -0.2) is 33.9 Å². The molecule has 0 unspecified atom stereocenters. The topological polar surface area (TPSA) is 46.0 Å². The standard InChI is InChI=1S/C17H24FN5/c1-12-10-14(18)4-5-16(12)23-8-6-15(7-9-23)20-13(2)17-21-19-11-22(17)3/h4-5,10-11,13,15,20H,6-9H2,1-3H3/t13-/m1/s1. The van der Waals surface area contributed by atoms with Crippen molar-refractivity contribution in [1.29, 1.82) is 0 Å². The molecule has 0 spiro atoms. The number of anilines is 1. The summed E-state index contributed by atoms with van der Waals surface area (Å²) in [5.74, 6) is 0.794. The second-order valence-corrected chi connectivity index (χ2v) is 6.38. The first-order valence-corrected chi connectivity index (χ1v) is 8.15. The van der Waals surface area contributed by atoms with Gasteiger partial charge in [0.25, 0.3) is 0 Å². The van der Waals surface area contributed by atoms with E-state index in [0.29, 0.717) is 6.04 Å². The van der Waals surface area contributed by atoms with Crippen molar-refractivity contribution in [2.24, 2.45) is 7.05 Å². The molecule has 0 aliphatic carbocycles. The van der Waals surface area contributed by atoms with Gasteiger partial charge < -0.3 is 14.8 Å². The fourth-order valence-electron chi connectivity index (χ4n) is 3.37. The minimum absolute atomic E-state index is 0.166. The van der Waals surface area contributed by atoms with Gasteiger partial charge in [0.05, 0.1) is 6.04 Å². The first-order chi connectivity index (χ1) is 11.0. The Morgan fingerprint density at radius 1 is 1.30 bits per heavy atom. The maximum atomic E-state index is 13.2. The van der Waals surface area contributed by atoms with Crippen LogP contribution in [0.1, 0.15) is 37.2 Å². The van der Waals surface area contributed by atoms with Crippen LogP contribution < -0.4 is 10.2 Å². The van der Waals surface area contributed by atoms with Gasteiger partial charge >= 0.3 is 0 Å². The molecular formula is C17H24FN5. The Morgan fingerprint density at radius 2 is 2.04 bits per heavy atom. The molecule has 2 aromatic rings. The number of aryl methyl sites for hydroxylation is 2. The van der Waals surface area contributed by atoms with Crippen LogP contribution in [0.5, 0.6) is 0 Å². The summed E-state index contributed by atoms with van der Waals surface area (Å²) in [5, 5.41) is 11.8. The monoisotopic (exact) mass is 317 g/mol. The fraction of sp³-hybridized carbons (Fsp3) is 0.529. The van der Waals surface area contributed by atoms with Gasteiger partial charge in [0.1, 0.15) is 18.0 Å². The number of hydrogen-bond acceptors (Lipinski definition) is 4. The third-order valence-corrected chi connectivity index (χ3v) is 4.61. The molecule has 0 amide bonds. The highest BCUT2D eigenvalue weighted by Crippen LogP contribution is 2.25. The summed E-state index contributed by atoms with van der Waals surface area (Å²) >= 11 is 0. The van der Waals surface area contributed by atoms with Crippen molar-refractivity contribution in [2.45, 2.75) is 38.8 Å². The highest BCUT2D eigenvalue weighted by molar-refractivity contribution is 5.53. The lowest BCUT2D eigenvalue weighted by molar-refractivity contribution is 0.370. The number of aromatic nitrogens is 3. The molecule has 1 aliphatic heterocycles. The summed E-state index contributed by atoms with van der Waals surface area (Å²) in [4.78, 5) is 2.35. The molecule has 3 rings (SSSR count). The maximum Gasteiger partial charge on any atom is 0.149 e. The Bertz CT molecular complexity index is 661. The Hall–Kier alpha value is -1.95. The van der Waals surface area contributed by atoms with Crippen LogP contribution in [0.3, 0.4) is 0 Å². The van der Waals surface area contributed by atoms with Crippen LogP contribution in [0.15, 0.2) is 24.5 Å². The van der Waals surface area contributed by atoms with Gasteiger partial charge in [-0.25, -0.2) is 4.39 Å². The predicted octanol–water partition coefficient (Wildman–Crippen LogP) is 2.58. The van der Waals surface area contributed by atoms with E-state index in [4.69, 9.17) is 0 Å². The molecule has 0 bridgehead atoms. The molecule has 1 aliphatic rings. The molecule has 124 valence electrons. The third-order valence-electron chi connectivity index (χ3n) is 4.61. The number of hydrogen-bond donors (Lipinski definition) is 1. The van der Waals surface area contributed by atoms with Gasteiger partial charge in [0, 0.05) is 31.9 Å². The number of piperidine rings is 1. The molecule has 1 N–H and O–H groups in total. The molecule has 1 aromatic heterocycles. The summed E-state index contributed by atoms with van der Waals surface area (Å²) in [6.45, 7) is 6.06. The Kier molecular flexibility index (Phi) is 4.61. The predicted molar refractivity (Wildman–Crippen MR) is 88.9 cm³/mol. The quantitative estimate of drug-likeness (QED) is 0.941. The van der Waals surface area contributed by atoms with Crippen LogP contribution >= 0.6 is 0 Å². The van der Waals surface area contributed by atoms with E-state index >= 15 is 0 Å². The van der Waals surface area contributed by atoms with E-state index in [0.717, 1.165) is 43.0 Å². The largest absolute Gasteiger partial charge is 0.371 e. The Labute approximate surface area is 136 Å². The fourth-order valence-corrected chi connectivity index (χ4v) is 3.37. The van der Waals surface area contributed by atoms with Gasteiger partial charge in [0.15, 0.2) is 0 Å². The van der Waals surface area contributed by atoms with E-state index in [-0.39, 0.29) is 11.9 Å². The van der Waals surface area contributed by atoms with Gasteiger partial charge in [-0.3, -0.25) is 0 Å². The Balaban J connectivity index is 1.57. The van der Waals surface area contributed by atoms with Crippen LogP contribution in [0, 0.1) is 12.7 Å². The number of halogens is 1. The molecule has 5 nitrogen and oxygen atoms in total. The summed E-state index contributed by atoms with van der Waals surface area (Å²) < 4.78 is 15.2. The van der Waals surface area contributed by atoms with Crippen molar-refractivity contribution in [2.75, 3.05) is 18.0 Å². The maximum absolute atomic E-state index is 13.2. The molecule has 1 fully saturated rings. The van der Waals surface area contributed by atoms with Gasteiger partial charge in [-0.2, -0.15) is 0 Å². The second-order valence-electron chi connectivity index (χ2n) is 6.38. The molecule has 6 heteroatoms. The minimum Gasteiger partial charge on any atom is -0.371 e. The molecule has 23 heavy (non-hydrogen) atoms. The van der Waals surface area contributed by atoms with Crippen LogP contribution in [0.4, 0.5) is 10.1 Å². The minimum atomic E-state index is -0.166. The van der Waals surface area contributed by atoms with Crippen LogP contribution in [0.2, 0.25) is 0 Å². The summed E-state index contributed by atoms with van der Waals surface area (Å²) in [6.07, 6.45) is 3.87. The Morgan fingerprint density at radius 3 is 2.65 bits per heavy atom. The van der Waals surface area contributed by atoms with Gasteiger partial charge in [0.2, 0.25) is 0 Å². The average molecular weight is 317 g/mol. The van der Waals surface area contributed by atoms with Gasteiger partial charge in [-0.05, 0) is 50.5 Å². The summed E-state index contributed by atoms with van der Waals surface area (Å²) in [6, 6.07) is 5.70.